The molecule has 48 nitrogen and oxygen atoms in total. The zero-order valence-corrected chi connectivity index (χ0v) is 56.5. The third-order valence-corrected chi connectivity index (χ3v) is 17.3. The fourth-order valence-electron chi connectivity index (χ4n) is 11.5. The van der Waals surface area contributed by atoms with Crippen LogP contribution in [0.1, 0.15) is 96.5 Å². The van der Waals surface area contributed by atoms with Crippen LogP contribution in [0.4, 0.5) is 5.69 Å². The highest BCUT2D eigenvalue weighted by Crippen LogP contribution is 2.54. The molecule has 1 heterocycles. The van der Waals surface area contributed by atoms with E-state index in [2.05, 4.69) is 31.6 Å². The monoisotopic (exact) mass is 1610 g/mol. The van der Waals surface area contributed by atoms with Gasteiger partial charge in [-0.2, -0.15) is 0 Å². The second-order valence-corrected chi connectivity index (χ2v) is 23.8. The lowest BCUT2D eigenvalue weighted by Gasteiger charge is -2.41. The molecule has 0 spiro atoms. The molecule has 30 N–H and O–H groups in total. The van der Waals surface area contributed by atoms with E-state index in [1.54, 1.807) is 0 Å². The highest BCUT2D eigenvalue weighted by molar-refractivity contribution is 7.80. The average molecular weight is 1610 g/mol. The predicted molar refractivity (Wildman–Crippen MR) is 346 cm³/mol. The number of fused-ring (bicyclic) bond motifs is 2. The first-order valence-electron chi connectivity index (χ1n) is 30.2. The molecule has 0 amide bonds. The molecule has 0 aromatic heterocycles. The first-order valence-corrected chi connectivity index (χ1v) is 30.6. The number of anilines is 1. The summed E-state index contributed by atoms with van der Waals surface area (Å²) in [5.41, 5.74) is -5.83. The van der Waals surface area contributed by atoms with E-state index in [0.717, 1.165) is 6.92 Å². The van der Waals surface area contributed by atoms with Crippen molar-refractivity contribution in [3.05, 3.63) is 61.4 Å². The summed E-state index contributed by atoms with van der Waals surface area (Å²) in [7, 11) is 0. The highest BCUT2D eigenvalue weighted by atomic mass is 32.1. The van der Waals surface area contributed by atoms with Crippen molar-refractivity contribution >= 4 is 125 Å². The predicted octanol–water partition coefficient (Wildman–Crippen LogP) is -4.57. The molecule has 1 aliphatic carbocycles. The van der Waals surface area contributed by atoms with Gasteiger partial charge in [0.15, 0.2) is 52.1 Å². The van der Waals surface area contributed by atoms with Gasteiger partial charge in [-0.15, -0.1) is 12.6 Å². The summed E-state index contributed by atoms with van der Waals surface area (Å²) in [6.07, 6.45) is -26.9. The summed E-state index contributed by atoms with van der Waals surface area (Å²) >= 11 is 3.61. The molecule has 0 fully saturated rings. The van der Waals surface area contributed by atoms with E-state index in [0.29, 0.717) is 0 Å². The minimum Gasteiger partial charge on any atom is -0.511 e. The van der Waals surface area contributed by atoms with Gasteiger partial charge >= 0.3 is 65.7 Å². The molecule has 14 atom stereocenters. The summed E-state index contributed by atoms with van der Waals surface area (Å²) < 4.78 is 18.4. The molecule has 0 saturated carbocycles. The second kappa shape index (κ2) is 36.2. The number of thiol groups is 1. The van der Waals surface area contributed by atoms with Crippen LogP contribution in [0.15, 0.2) is 21.8 Å². The fourth-order valence-corrected chi connectivity index (χ4v) is 11.8. The lowest BCUT2D eigenvalue weighted by molar-refractivity contribution is -0.182. The number of carboxylic acids is 10. The molecular weight excluding hydrogens is 1540 g/mol. The molecule has 0 bridgehead atoms. The van der Waals surface area contributed by atoms with Gasteiger partial charge in [0.25, 0.3) is 12.9 Å². The number of carboxylic acid groups (broad SMARTS) is 10. The Morgan fingerprint density at radius 3 is 1.55 bits per heavy atom. The number of aromatic hydroxyl groups is 7. The van der Waals surface area contributed by atoms with Gasteiger partial charge in [-0.05, 0) is 30.4 Å². The van der Waals surface area contributed by atoms with Crippen LogP contribution in [-0.4, -0.2) is 289 Å². The standard InChI is InChI=1S/C27H28O16.C24H26O22S.C11H9NO9/c1-10(5-17(34)35)14(7-28)16(33)6-13-12(3-4-15(32)11(2)31)22(36)20-19(18(13)26(38)39)23(37)25(43-9-30)24(42-8-29)21(20)27(40)41;25-7-1(2(19(35)36)10(28)15(33)16(34)22(41)42)8(26)5(9(27)4(7)20(37)38)24(45)46-17(23(43)44)13(31)3-11(29)12(30)6(21(39)40)18(47)14(3)32;12-4-6(14)2(9(16)17)1-5(13)3(10(18)19)11(20)21-8(1)7(4)15/h8-11,14,28,31,36-37H,3-7H2,1-2H3,(H,34,35)(H,38,39)(H,40,41);1-2,4,7-8,10,13,15-17,25-34,47H,(H,35,36)(H,37,38)(H,39,40)(H,41,42)(H,43,44);11,13-15,20H,12H2,(H,16,17)(H,18,19). The molecular formula is C62H63NO47S. The SMILES string of the molecule is CC(O)C(=O)CCc1c(CC(=O)C(CO)C(C)CC(=O)O)c(C(=O)O)c2c(O)c(OC=O)c(OC=O)c(C(=O)O)c2c1O.Nc1c(O)c2c(c(C(=O)O)c1O)C(O)=C(C(=O)O)C(O)O2.O=C(OC(C(=O)O)C(O)c1c(O)c(O)c(C(=O)O)c(S)c1O)C1=C(O)C(C(=O)O)C(O)C(C(C(=O)O)C(O)C(O)C(O)C(=O)O)C1O. The van der Waals surface area contributed by atoms with Gasteiger partial charge in [0.1, 0.15) is 86.6 Å². The zero-order valence-electron chi connectivity index (χ0n) is 55.6. The number of ether oxygens (including phenoxy) is 4. The third kappa shape index (κ3) is 18.0. The van der Waals surface area contributed by atoms with Gasteiger partial charge in [0.2, 0.25) is 18.1 Å². The number of carbonyl (C=O) groups is 15. The Balaban J connectivity index is 0.000000374. The summed E-state index contributed by atoms with van der Waals surface area (Å²) in [6.45, 7) is 1.00. The molecule has 49 heteroatoms. The minimum absolute atomic E-state index is 0.303. The Morgan fingerprint density at radius 1 is 0.577 bits per heavy atom. The topological polar surface area (TPSA) is 885 Å². The number of hydrogen-bond donors (Lipinski definition) is 30. The number of phenolic OH excluding ortho intramolecular Hbond substituents is 5. The molecule has 2 aliphatic rings. The number of esters is 1. The Labute approximate surface area is 617 Å². The molecule has 4 aromatic carbocycles. The number of nitrogens with two attached hydrogens (primary N) is 1. The van der Waals surface area contributed by atoms with Crippen LogP contribution >= 0.6 is 12.6 Å². The van der Waals surface area contributed by atoms with E-state index in [1.165, 1.54) is 6.92 Å². The van der Waals surface area contributed by atoms with E-state index in [4.69, 9.17) is 31.3 Å². The molecule has 604 valence electrons. The molecule has 1 aliphatic heterocycles. The number of carbonyl (C=O) groups excluding carboxylic acids is 5. The van der Waals surface area contributed by atoms with Gasteiger partial charge in [-0.25, -0.2) is 38.4 Å². The number of phenols is 7. The quantitative estimate of drug-likeness (QED) is 0.00546. The number of aliphatic hydroxyl groups excluding tert-OH is 11. The largest absolute Gasteiger partial charge is 0.511 e. The van der Waals surface area contributed by atoms with Crippen molar-refractivity contribution < 1.29 is 234 Å². The van der Waals surface area contributed by atoms with Gasteiger partial charge in [-0.1, -0.05) is 6.92 Å². The van der Waals surface area contributed by atoms with Crippen molar-refractivity contribution in [2.45, 2.75) is 99.5 Å². The van der Waals surface area contributed by atoms with Crippen molar-refractivity contribution in [1.29, 1.82) is 0 Å². The van der Waals surface area contributed by atoms with E-state index in [-0.39, 0.29) is 12.9 Å². The summed E-state index contributed by atoms with van der Waals surface area (Å²) in [4.78, 5) is 177. The number of nitrogen functional groups attached to an aromatic ring is 1. The van der Waals surface area contributed by atoms with Crippen molar-refractivity contribution in [3.63, 3.8) is 0 Å². The lowest BCUT2D eigenvalue weighted by atomic mass is 9.68. The van der Waals surface area contributed by atoms with Gasteiger partial charge in [-0.3, -0.25) is 33.6 Å². The van der Waals surface area contributed by atoms with Crippen LogP contribution in [0.5, 0.6) is 57.5 Å². The van der Waals surface area contributed by atoms with Crippen LogP contribution < -0.4 is 19.9 Å². The maximum Gasteiger partial charge on any atom is 0.348 e. The maximum absolute atomic E-state index is 13.3. The number of aromatic carboxylic acids is 4. The van der Waals surface area contributed by atoms with Crippen molar-refractivity contribution in [1.82, 2.24) is 0 Å². The maximum atomic E-state index is 13.3. The molecule has 6 rings (SSSR count). The minimum atomic E-state index is -3.07. The van der Waals surface area contributed by atoms with Crippen molar-refractivity contribution in [2.75, 3.05) is 12.3 Å². The summed E-state index contributed by atoms with van der Waals surface area (Å²) in [5.74, 6) is -49.5. The molecule has 0 radical (unpaired) electrons. The van der Waals surface area contributed by atoms with Crippen LogP contribution in [0.3, 0.4) is 0 Å². The Kier molecular flexibility index (Phi) is 29.4. The summed E-state index contributed by atoms with van der Waals surface area (Å²) in [5, 5.41) is 276. The molecule has 14 unspecified atom stereocenters. The van der Waals surface area contributed by atoms with E-state index < -0.39 is 340 Å². The summed E-state index contributed by atoms with van der Waals surface area (Å²) in [6, 6.07) is 0. The second-order valence-electron chi connectivity index (χ2n) is 23.4. The van der Waals surface area contributed by atoms with E-state index >= 15 is 0 Å². The third-order valence-electron chi connectivity index (χ3n) is 16.8. The number of hydrogen-bond acceptors (Lipinski definition) is 39. The van der Waals surface area contributed by atoms with Gasteiger partial charge in [0, 0.05) is 41.9 Å². The van der Waals surface area contributed by atoms with Gasteiger partial charge < -0.3 is 168 Å². The number of benzene rings is 4. The lowest BCUT2D eigenvalue weighted by Crippen LogP contribution is -2.58. The number of aliphatic carboxylic acids is 6. The zero-order chi connectivity index (χ0) is 85.4. The van der Waals surface area contributed by atoms with Crippen LogP contribution in [0.2, 0.25) is 0 Å². The molecule has 111 heavy (non-hydrogen) atoms. The fraction of sp³-hybridized carbons (Fsp3) is 0.339. The Morgan fingerprint density at radius 2 is 1.10 bits per heavy atom. The van der Waals surface area contributed by atoms with Crippen LogP contribution in [-0.2, 0) is 70.3 Å². The molecule has 4 aromatic rings. The van der Waals surface area contributed by atoms with E-state index in [9.17, 15) is 189 Å². The Hall–Kier alpha value is -13.1. The van der Waals surface area contributed by atoms with Crippen LogP contribution in [0, 0.1) is 29.6 Å². The number of ketones is 2. The number of rotatable bonds is 32. The first-order chi connectivity index (χ1) is 51.3. The number of Topliss-reactive ketones (excluding diaryl/α,β-unsaturated/α-hetero) is 2. The highest BCUT2D eigenvalue weighted by Gasteiger charge is 2.57. The number of aliphatic hydroxyl groups is 11. The van der Waals surface area contributed by atoms with Crippen molar-refractivity contribution in [2.24, 2.45) is 29.6 Å². The smallest absolute Gasteiger partial charge is 0.348 e. The first kappa shape index (κ1) is 90.3. The van der Waals surface area contributed by atoms with Gasteiger partial charge in [0.05, 0.1) is 52.4 Å². The normalized spacial score (nSPS) is 18.2. The van der Waals surface area contributed by atoms with Crippen LogP contribution in [0.25, 0.3) is 16.5 Å². The Bertz CT molecular complexity index is 4560. The molecule has 0 saturated heterocycles. The average Bonchev–Trinajstić information content (AvgIpc) is 0.724. The van der Waals surface area contributed by atoms with E-state index in [1.807, 2.05) is 0 Å². The van der Waals surface area contributed by atoms with Crippen molar-refractivity contribution in [3.8, 4) is 57.5 Å².